The number of thioether (sulfide) groups is 2. The van der Waals surface area contributed by atoms with Crippen molar-refractivity contribution in [1.29, 1.82) is 0 Å². The molecule has 0 aliphatic carbocycles. The van der Waals surface area contributed by atoms with Crippen LogP contribution in [0.25, 0.3) is 0 Å². The Kier molecular flexibility index (Phi) is 6.38. The fourth-order valence-electron chi connectivity index (χ4n) is 3.07. The van der Waals surface area contributed by atoms with E-state index in [2.05, 4.69) is 68.8 Å². The summed E-state index contributed by atoms with van der Waals surface area (Å²) in [5.41, 5.74) is 0.550. The highest BCUT2D eigenvalue weighted by Crippen LogP contribution is 2.40. The SMILES string of the molecule is CC(C)(C)NCC1CC(CC(C)(C)NCC2CCCS2)S1. The van der Waals surface area contributed by atoms with Gasteiger partial charge in [-0.1, -0.05) is 0 Å². The molecule has 2 fully saturated rings. The standard InChI is InChI=1S/C17H34N2S2/c1-16(2,3)18-12-15-9-14(21-15)10-17(4,5)19-11-13-7-6-8-20-13/h13-15,18-19H,6-12H2,1-5H3. The minimum atomic E-state index is 0.255. The van der Waals surface area contributed by atoms with Crippen LogP contribution in [0.15, 0.2) is 0 Å². The molecular formula is C17H34N2S2. The van der Waals surface area contributed by atoms with Crippen LogP contribution in [0.1, 0.15) is 60.3 Å². The molecule has 2 nitrogen and oxygen atoms in total. The summed E-state index contributed by atoms with van der Waals surface area (Å²) in [6, 6.07) is 0. The highest BCUT2D eigenvalue weighted by atomic mass is 32.2. The molecule has 0 aromatic heterocycles. The lowest BCUT2D eigenvalue weighted by Gasteiger charge is -2.41. The summed E-state index contributed by atoms with van der Waals surface area (Å²) in [6.45, 7) is 13.9. The molecule has 0 aromatic carbocycles. The summed E-state index contributed by atoms with van der Waals surface area (Å²) in [5.74, 6) is 1.37. The lowest BCUT2D eigenvalue weighted by molar-refractivity contribution is 0.341. The van der Waals surface area contributed by atoms with Crippen LogP contribution in [0.5, 0.6) is 0 Å². The Bertz CT molecular complexity index is 313. The van der Waals surface area contributed by atoms with Gasteiger partial charge in [0.25, 0.3) is 0 Å². The van der Waals surface area contributed by atoms with Crippen LogP contribution in [0, 0.1) is 0 Å². The molecule has 3 atom stereocenters. The average Bonchev–Trinajstić information content (AvgIpc) is 2.81. The van der Waals surface area contributed by atoms with E-state index in [0.717, 1.165) is 22.3 Å². The average molecular weight is 331 g/mol. The number of hydrogen-bond donors (Lipinski definition) is 2. The van der Waals surface area contributed by atoms with E-state index in [1.807, 2.05) is 0 Å². The number of hydrogen-bond acceptors (Lipinski definition) is 4. The first kappa shape index (κ1) is 18.0. The van der Waals surface area contributed by atoms with Gasteiger partial charge < -0.3 is 10.6 Å². The van der Waals surface area contributed by atoms with Gasteiger partial charge in [-0.25, -0.2) is 0 Å². The molecule has 0 radical (unpaired) electrons. The molecule has 2 N–H and O–H groups in total. The first-order chi connectivity index (χ1) is 9.73. The van der Waals surface area contributed by atoms with Gasteiger partial charge in [0.15, 0.2) is 0 Å². The van der Waals surface area contributed by atoms with Crippen molar-refractivity contribution in [2.24, 2.45) is 0 Å². The largest absolute Gasteiger partial charge is 0.311 e. The third-order valence-electron chi connectivity index (χ3n) is 4.34. The molecule has 0 saturated carbocycles. The summed E-state index contributed by atoms with van der Waals surface area (Å²) < 4.78 is 0. The summed E-state index contributed by atoms with van der Waals surface area (Å²) in [6.07, 6.45) is 5.52. The van der Waals surface area contributed by atoms with Crippen LogP contribution < -0.4 is 10.6 Å². The van der Waals surface area contributed by atoms with Crippen LogP contribution in [-0.2, 0) is 0 Å². The predicted molar refractivity (Wildman–Crippen MR) is 99.7 cm³/mol. The molecule has 21 heavy (non-hydrogen) atoms. The van der Waals surface area contributed by atoms with E-state index in [1.54, 1.807) is 0 Å². The van der Waals surface area contributed by atoms with E-state index in [0.29, 0.717) is 5.54 Å². The third-order valence-corrected chi connectivity index (χ3v) is 7.23. The minimum absolute atomic E-state index is 0.255. The zero-order valence-electron chi connectivity index (χ0n) is 14.5. The molecule has 0 spiro atoms. The van der Waals surface area contributed by atoms with Crippen LogP contribution in [0.2, 0.25) is 0 Å². The van der Waals surface area contributed by atoms with Gasteiger partial charge in [0.1, 0.15) is 0 Å². The topological polar surface area (TPSA) is 24.1 Å². The monoisotopic (exact) mass is 330 g/mol. The van der Waals surface area contributed by atoms with E-state index in [4.69, 9.17) is 0 Å². The van der Waals surface area contributed by atoms with Crippen LogP contribution in [0.4, 0.5) is 0 Å². The van der Waals surface area contributed by atoms with Gasteiger partial charge in [-0.3, -0.25) is 0 Å². The Morgan fingerprint density at radius 3 is 2.19 bits per heavy atom. The zero-order valence-corrected chi connectivity index (χ0v) is 16.1. The van der Waals surface area contributed by atoms with E-state index in [1.165, 1.54) is 38.0 Å². The molecule has 2 heterocycles. The molecular weight excluding hydrogens is 296 g/mol. The Morgan fingerprint density at radius 2 is 1.62 bits per heavy atom. The highest BCUT2D eigenvalue weighted by Gasteiger charge is 2.34. The number of rotatable bonds is 7. The molecule has 0 aromatic rings. The van der Waals surface area contributed by atoms with Gasteiger partial charge in [0.2, 0.25) is 0 Å². The van der Waals surface area contributed by atoms with Gasteiger partial charge in [-0.15, -0.1) is 0 Å². The van der Waals surface area contributed by atoms with Gasteiger partial charge >= 0.3 is 0 Å². The van der Waals surface area contributed by atoms with Crippen LogP contribution in [0.3, 0.4) is 0 Å². The van der Waals surface area contributed by atoms with Crippen molar-refractivity contribution < 1.29 is 0 Å². The molecule has 4 heteroatoms. The fourth-order valence-corrected chi connectivity index (χ4v) is 5.84. The smallest absolute Gasteiger partial charge is 0.0185 e. The van der Waals surface area contributed by atoms with Gasteiger partial charge in [-0.05, 0) is 66.1 Å². The van der Waals surface area contributed by atoms with Crippen molar-refractivity contribution >= 4 is 23.5 Å². The maximum absolute atomic E-state index is 3.82. The molecule has 3 unspecified atom stereocenters. The van der Waals surface area contributed by atoms with Crippen molar-refractivity contribution in [2.45, 2.75) is 87.1 Å². The van der Waals surface area contributed by atoms with E-state index in [-0.39, 0.29) is 5.54 Å². The predicted octanol–water partition coefficient (Wildman–Crippen LogP) is 3.90. The van der Waals surface area contributed by atoms with E-state index in [9.17, 15) is 0 Å². The highest BCUT2D eigenvalue weighted by molar-refractivity contribution is 8.01. The van der Waals surface area contributed by atoms with Gasteiger partial charge in [0.05, 0.1) is 0 Å². The van der Waals surface area contributed by atoms with Crippen molar-refractivity contribution in [3.8, 4) is 0 Å². The van der Waals surface area contributed by atoms with Crippen molar-refractivity contribution in [1.82, 2.24) is 10.6 Å². The van der Waals surface area contributed by atoms with E-state index >= 15 is 0 Å². The lowest BCUT2D eigenvalue weighted by atomic mass is 9.95. The second-order valence-corrected chi connectivity index (χ2v) is 11.4. The minimum Gasteiger partial charge on any atom is -0.311 e. The molecule has 2 aliphatic heterocycles. The molecule has 124 valence electrons. The maximum Gasteiger partial charge on any atom is 0.0185 e. The lowest BCUT2D eigenvalue weighted by Crippen LogP contribution is -2.48. The maximum atomic E-state index is 3.82. The number of nitrogens with one attached hydrogen (secondary N) is 2. The van der Waals surface area contributed by atoms with Gasteiger partial charge in [-0.2, -0.15) is 23.5 Å². The summed E-state index contributed by atoms with van der Waals surface area (Å²) >= 11 is 4.35. The van der Waals surface area contributed by atoms with Crippen LogP contribution >= 0.6 is 23.5 Å². The van der Waals surface area contributed by atoms with Crippen molar-refractivity contribution in [2.75, 3.05) is 18.8 Å². The second kappa shape index (κ2) is 7.46. The Balaban J connectivity index is 1.59. The fraction of sp³-hybridized carbons (Fsp3) is 1.00. The quantitative estimate of drug-likeness (QED) is 0.739. The first-order valence-electron chi connectivity index (χ1n) is 8.51. The van der Waals surface area contributed by atoms with E-state index < -0.39 is 0 Å². The Labute approximate surface area is 140 Å². The normalized spacial score (nSPS) is 30.4. The molecule has 2 aliphatic rings. The van der Waals surface area contributed by atoms with Crippen molar-refractivity contribution in [3.63, 3.8) is 0 Å². The van der Waals surface area contributed by atoms with Gasteiger partial charge in [0, 0.05) is 39.9 Å². The van der Waals surface area contributed by atoms with Crippen molar-refractivity contribution in [3.05, 3.63) is 0 Å². The van der Waals surface area contributed by atoms with Crippen LogP contribution in [-0.4, -0.2) is 45.7 Å². The Morgan fingerprint density at radius 1 is 0.952 bits per heavy atom. The summed E-state index contributed by atoms with van der Waals surface area (Å²) in [5, 5.41) is 10.0. The second-order valence-electron chi connectivity index (χ2n) is 8.35. The zero-order chi connectivity index (χ0) is 15.5. The molecule has 0 bridgehead atoms. The first-order valence-corrected chi connectivity index (χ1v) is 10.5. The molecule has 0 amide bonds. The molecule has 2 rings (SSSR count). The Hall–Kier alpha value is 0.620. The summed E-state index contributed by atoms with van der Waals surface area (Å²) in [7, 11) is 0. The summed E-state index contributed by atoms with van der Waals surface area (Å²) in [4.78, 5) is 0. The third kappa shape index (κ3) is 6.72. The molecule has 2 saturated heterocycles.